The first-order valence-electron chi connectivity index (χ1n) is 11.5. The molecule has 0 aromatic carbocycles. The van der Waals surface area contributed by atoms with Crippen molar-refractivity contribution >= 4 is 35.6 Å². The van der Waals surface area contributed by atoms with Crippen molar-refractivity contribution in [1.82, 2.24) is 25.9 Å². The van der Waals surface area contributed by atoms with E-state index in [1.807, 2.05) is 0 Å². The molecule has 0 aliphatic carbocycles. The molecule has 0 aliphatic rings. The minimum atomic E-state index is -1.54. The van der Waals surface area contributed by atoms with Gasteiger partial charge in [0, 0.05) is 24.9 Å². The summed E-state index contributed by atoms with van der Waals surface area (Å²) in [6, 6.07) is -5.19. The van der Waals surface area contributed by atoms with E-state index in [1.165, 1.54) is 12.5 Å². The number of aromatic amines is 1. The van der Waals surface area contributed by atoms with Crippen molar-refractivity contribution in [1.29, 1.82) is 0 Å². The smallest absolute Gasteiger partial charge is 0.326 e. The zero-order valence-electron chi connectivity index (χ0n) is 20.6. The Hall–Kier alpha value is -4.21. The second kappa shape index (κ2) is 15.0. The van der Waals surface area contributed by atoms with Crippen molar-refractivity contribution in [3.8, 4) is 0 Å². The van der Waals surface area contributed by atoms with Gasteiger partial charge in [-0.1, -0.05) is 13.8 Å². The molecule has 3 amide bonds. The average Bonchev–Trinajstić information content (AvgIpc) is 3.31. The van der Waals surface area contributed by atoms with Crippen LogP contribution >= 0.6 is 0 Å². The van der Waals surface area contributed by atoms with Crippen molar-refractivity contribution in [2.24, 2.45) is 28.1 Å². The highest BCUT2D eigenvalue weighted by Gasteiger charge is 2.32. The third-order valence-electron chi connectivity index (χ3n) is 5.20. The van der Waals surface area contributed by atoms with Gasteiger partial charge in [-0.25, -0.2) is 9.78 Å². The number of nitrogens with one attached hydrogen (secondary N) is 4. The molecule has 0 saturated carbocycles. The molecular formula is C21H35N9O7. The lowest BCUT2D eigenvalue weighted by Crippen LogP contribution is -2.58. The second-order valence-electron chi connectivity index (χ2n) is 8.62. The van der Waals surface area contributed by atoms with Crippen LogP contribution in [-0.2, 0) is 30.4 Å². The fraction of sp³-hybridized carbons (Fsp3) is 0.571. The van der Waals surface area contributed by atoms with Gasteiger partial charge in [0.15, 0.2) is 5.96 Å². The molecule has 16 heteroatoms. The van der Waals surface area contributed by atoms with Crippen LogP contribution in [0.3, 0.4) is 0 Å². The van der Waals surface area contributed by atoms with Gasteiger partial charge >= 0.3 is 11.9 Å². The highest BCUT2D eigenvalue weighted by atomic mass is 16.4. The molecule has 1 rings (SSSR count). The molecule has 0 spiro atoms. The van der Waals surface area contributed by atoms with E-state index in [2.05, 4.69) is 30.9 Å². The fourth-order valence-electron chi connectivity index (χ4n) is 3.09. The van der Waals surface area contributed by atoms with E-state index >= 15 is 0 Å². The van der Waals surface area contributed by atoms with E-state index < -0.39 is 60.2 Å². The summed E-state index contributed by atoms with van der Waals surface area (Å²) in [6.45, 7) is 3.46. The summed E-state index contributed by atoms with van der Waals surface area (Å²) in [6.07, 6.45) is 2.05. The summed E-state index contributed by atoms with van der Waals surface area (Å²) in [4.78, 5) is 71.6. The number of carboxylic acids is 2. The zero-order chi connectivity index (χ0) is 28.1. The maximum atomic E-state index is 13.0. The van der Waals surface area contributed by atoms with Gasteiger partial charge < -0.3 is 48.3 Å². The lowest BCUT2D eigenvalue weighted by Gasteiger charge is -2.25. The third kappa shape index (κ3) is 11.4. The first-order chi connectivity index (χ1) is 17.3. The quantitative estimate of drug-likeness (QED) is 0.0595. The number of aliphatic carboxylic acids is 2. The number of imidazole rings is 1. The molecule has 16 nitrogen and oxygen atoms in total. The van der Waals surface area contributed by atoms with Gasteiger partial charge in [0.1, 0.15) is 18.1 Å². The monoisotopic (exact) mass is 525 g/mol. The first-order valence-corrected chi connectivity index (χ1v) is 11.5. The number of carbonyl (C=O) groups excluding carboxylic acids is 3. The zero-order valence-corrected chi connectivity index (χ0v) is 20.6. The first kappa shape index (κ1) is 30.8. The number of carbonyl (C=O) groups is 5. The number of guanidine groups is 1. The summed E-state index contributed by atoms with van der Waals surface area (Å²) in [7, 11) is 0. The van der Waals surface area contributed by atoms with E-state index in [-0.39, 0.29) is 37.7 Å². The van der Waals surface area contributed by atoms with Crippen LogP contribution < -0.4 is 33.2 Å². The summed E-state index contributed by atoms with van der Waals surface area (Å²) >= 11 is 0. The summed E-state index contributed by atoms with van der Waals surface area (Å²) < 4.78 is 0. The van der Waals surface area contributed by atoms with E-state index in [0.29, 0.717) is 5.69 Å². The van der Waals surface area contributed by atoms with Crippen LogP contribution in [0.2, 0.25) is 0 Å². The van der Waals surface area contributed by atoms with Crippen molar-refractivity contribution in [3.05, 3.63) is 18.2 Å². The van der Waals surface area contributed by atoms with Gasteiger partial charge in [0.2, 0.25) is 17.7 Å². The van der Waals surface area contributed by atoms with Gasteiger partial charge in [0.25, 0.3) is 0 Å². The molecule has 1 aromatic heterocycles. The Morgan fingerprint density at radius 2 is 1.59 bits per heavy atom. The topological polar surface area (TPSA) is 281 Å². The van der Waals surface area contributed by atoms with Gasteiger partial charge in [-0.2, -0.15) is 0 Å². The SMILES string of the molecule is CC(C)C(N)C(=O)NC(CC(=O)O)C(=O)NC(CCCN=C(N)N)C(=O)NC(Cc1cnc[nH]1)C(=O)O. The molecule has 4 atom stereocenters. The van der Waals surface area contributed by atoms with Crippen molar-refractivity contribution < 1.29 is 34.2 Å². The van der Waals surface area contributed by atoms with Crippen molar-refractivity contribution in [2.75, 3.05) is 6.54 Å². The number of nitrogens with two attached hydrogens (primary N) is 3. The molecule has 1 heterocycles. The number of carboxylic acid groups (broad SMARTS) is 2. The highest BCUT2D eigenvalue weighted by molar-refractivity contribution is 5.95. The molecule has 0 radical (unpaired) electrons. The summed E-state index contributed by atoms with van der Waals surface area (Å²) in [5, 5.41) is 25.8. The third-order valence-corrected chi connectivity index (χ3v) is 5.20. The number of nitrogens with zero attached hydrogens (tertiary/aromatic N) is 2. The fourth-order valence-corrected chi connectivity index (χ4v) is 3.09. The molecule has 37 heavy (non-hydrogen) atoms. The van der Waals surface area contributed by atoms with Crippen molar-refractivity contribution in [3.63, 3.8) is 0 Å². The molecule has 12 N–H and O–H groups in total. The lowest BCUT2D eigenvalue weighted by molar-refractivity contribution is -0.143. The van der Waals surface area contributed by atoms with Gasteiger partial charge in [-0.15, -0.1) is 0 Å². The molecule has 0 aliphatic heterocycles. The largest absolute Gasteiger partial charge is 0.481 e. The number of hydrogen-bond acceptors (Lipinski definition) is 8. The number of aliphatic imine (C=N–C) groups is 1. The van der Waals surface area contributed by atoms with Gasteiger partial charge in [-0.05, 0) is 18.8 Å². The maximum Gasteiger partial charge on any atom is 0.326 e. The Balaban J connectivity index is 3.06. The number of hydrogen-bond donors (Lipinski definition) is 9. The predicted octanol–water partition coefficient (Wildman–Crippen LogP) is -3.00. The minimum Gasteiger partial charge on any atom is -0.481 e. The molecule has 1 aromatic rings. The Morgan fingerprint density at radius 3 is 2.11 bits per heavy atom. The summed E-state index contributed by atoms with van der Waals surface area (Å²) in [5.74, 6) is -5.72. The van der Waals surface area contributed by atoms with Crippen LogP contribution in [0, 0.1) is 5.92 Å². The number of amides is 3. The van der Waals surface area contributed by atoms with Crippen LogP contribution in [0.5, 0.6) is 0 Å². The maximum absolute atomic E-state index is 13.0. The molecule has 206 valence electrons. The van der Waals surface area contributed by atoms with Crippen molar-refractivity contribution in [2.45, 2.75) is 63.7 Å². The van der Waals surface area contributed by atoms with E-state index in [0.717, 1.165) is 0 Å². The minimum absolute atomic E-state index is 0.0238. The van der Waals surface area contributed by atoms with Crippen LogP contribution in [0.25, 0.3) is 0 Å². The number of rotatable bonds is 16. The average molecular weight is 526 g/mol. The number of aromatic nitrogens is 2. The normalized spacial score (nSPS) is 14.1. The highest BCUT2D eigenvalue weighted by Crippen LogP contribution is 2.06. The van der Waals surface area contributed by atoms with Gasteiger partial charge in [-0.3, -0.25) is 24.2 Å². The van der Waals surface area contributed by atoms with Crippen LogP contribution in [0.1, 0.15) is 38.8 Å². The Morgan fingerprint density at radius 1 is 1.00 bits per heavy atom. The number of H-pyrrole nitrogens is 1. The second-order valence-corrected chi connectivity index (χ2v) is 8.62. The molecule has 4 unspecified atom stereocenters. The molecular weight excluding hydrogens is 490 g/mol. The Bertz CT molecular complexity index is 962. The molecule has 0 bridgehead atoms. The Labute approximate surface area is 212 Å². The molecule has 0 saturated heterocycles. The van der Waals surface area contributed by atoms with Crippen LogP contribution in [0.15, 0.2) is 17.5 Å². The Kier molecular flexibility index (Phi) is 12.5. The van der Waals surface area contributed by atoms with E-state index in [1.54, 1.807) is 13.8 Å². The van der Waals surface area contributed by atoms with Crippen LogP contribution in [0.4, 0.5) is 0 Å². The standard InChI is InChI=1S/C21H35N9O7/c1-10(2)16(22)19(35)29-13(7-15(31)32)18(34)28-12(4-3-5-26-21(23)24)17(33)30-14(20(36)37)6-11-8-25-9-27-11/h8-10,12-14,16H,3-7,22H2,1-2H3,(H,25,27)(H,28,34)(H,29,35)(H,30,33)(H,31,32)(H,36,37)(H4,23,24,26). The summed E-state index contributed by atoms with van der Waals surface area (Å²) in [5.41, 5.74) is 16.8. The predicted molar refractivity (Wildman–Crippen MR) is 131 cm³/mol. The van der Waals surface area contributed by atoms with E-state index in [9.17, 15) is 34.2 Å². The van der Waals surface area contributed by atoms with E-state index in [4.69, 9.17) is 17.2 Å². The lowest BCUT2D eigenvalue weighted by atomic mass is 10.0. The van der Waals surface area contributed by atoms with Crippen LogP contribution in [-0.4, -0.2) is 86.5 Å². The van der Waals surface area contributed by atoms with Gasteiger partial charge in [0.05, 0.1) is 18.8 Å². The molecule has 0 fully saturated rings.